The lowest BCUT2D eigenvalue weighted by atomic mass is 10.2. The SMILES string of the molecule is Cc1cccc(C=NNc2cnn(-c3ccccc3)c(=O)c2Br)c1. The summed E-state index contributed by atoms with van der Waals surface area (Å²) in [5.41, 5.74) is 5.95. The molecule has 6 heteroatoms. The predicted molar refractivity (Wildman–Crippen MR) is 99.9 cm³/mol. The summed E-state index contributed by atoms with van der Waals surface area (Å²) in [7, 11) is 0. The van der Waals surface area contributed by atoms with Gasteiger partial charge in [0, 0.05) is 0 Å². The van der Waals surface area contributed by atoms with E-state index in [-0.39, 0.29) is 5.56 Å². The van der Waals surface area contributed by atoms with Gasteiger partial charge >= 0.3 is 0 Å². The molecule has 1 aromatic heterocycles. The molecule has 0 radical (unpaired) electrons. The number of hydrogen-bond donors (Lipinski definition) is 1. The largest absolute Gasteiger partial charge is 0.287 e. The summed E-state index contributed by atoms with van der Waals surface area (Å²) in [6.45, 7) is 2.02. The van der Waals surface area contributed by atoms with Gasteiger partial charge in [-0.2, -0.15) is 14.9 Å². The summed E-state index contributed by atoms with van der Waals surface area (Å²) in [5, 5.41) is 8.35. The molecule has 0 spiro atoms. The molecule has 2 aromatic carbocycles. The summed E-state index contributed by atoms with van der Waals surface area (Å²) in [5.74, 6) is 0. The quantitative estimate of drug-likeness (QED) is 0.552. The van der Waals surface area contributed by atoms with E-state index in [1.54, 1.807) is 12.4 Å². The van der Waals surface area contributed by atoms with Crippen molar-refractivity contribution in [1.82, 2.24) is 9.78 Å². The summed E-state index contributed by atoms with van der Waals surface area (Å²) in [4.78, 5) is 12.4. The van der Waals surface area contributed by atoms with Crippen molar-refractivity contribution >= 4 is 27.8 Å². The molecule has 0 aliphatic heterocycles. The van der Waals surface area contributed by atoms with Crippen LogP contribution >= 0.6 is 15.9 Å². The summed E-state index contributed by atoms with van der Waals surface area (Å²) >= 11 is 3.32. The number of aromatic nitrogens is 2. The summed E-state index contributed by atoms with van der Waals surface area (Å²) in [6.07, 6.45) is 3.26. The molecule has 0 fully saturated rings. The summed E-state index contributed by atoms with van der Waals surface area (Å²) in [6, 6.07) is 17.2. The van der Waals surface area contributed by atoms with E-state index >= 15 is 0 Å². The van der Waals surface area contributed by atoms with Crippen LogP contribution in [0.2, 0.25) is 0 Å². The molecule has 24 heavy (non-hydrogen) atoms. The number of para-hydroxylation sites is 1. The first-order chi connectivity index (χ1) is 11.6. The van der Waals surface area contributed by atoms with Gasteiger partial charge in [-0.25, -0.2) is 0 Å². The van der Waals surface area contributed by atoms with Crippen molar-refractivity contribution in [2.24, 2.45) is 5.10 Å². The Kier molecular flexibility index (Phi) is 4.86. The van der Waals surface area contributed by atoms with Gasteiger partial charge in [0.2, 0.25) is 0 Å². The first kappa shape index (κ1) is 16.1. The van der Waals surface area contributed by atoms with Gasteiger partial charge in [-0.3, -0.25) is 10.2 Å². The van der Waals surface area contributed by atoms with Crippen LogP contribution in [0.4, 0.5) is 5.69 Å². The molecule has 1 heterocycles. The van der Waals surface area contributed by atoms with Crippen molar-refractivity contribution in [3.63, 3.8) is 0 Å². The molecule has 120 valence electrons. The standard InChI is InChI=1S/C18H15BrN4O/c1-13-6-5-7-14(10-13)11-20-22-16-12-21-23(18(24)17(16)19)15-8-3-2-4-9-15/h2-12,22H,1H3. The second kappa shape index (κ2) is 7.23. The molecule has 0 saturated carbocycles. The van der Waals surface area contributed by atoms with E-state index in [0.29, 0.717) is 15.8 Å². The van der Waals surface area contributed by atoms with Gasteiger partial charge in [-0.1, -0.05) is 48.0 Å². The van der Waals surface area contributed by atoms with Crippen molar-refractivity contribution in [3.05, 3.63) is 86.7 Å². The number of hydrazone groups is 1. The van der Waals surface area contributed by atoms with Crippen LogP contribution in [0.1, 0.15) is 11.1 Å². The topological polar surface area (TPSA) is 59.3 Å². The third kappa shape index (κ3) is 3.60. The normalized spacial score (nSPS) is 10.9. The van der Waals surface area contributed by atoms with E-state index in [2.05, 4.69) is 31.6 Å². The van der Waals surface area contributed by atoms with Crippen LogP contribution in [-0.2, 0) is 0 Å². The first-order valence-electron chi connectivity index (χ1n) is 7.34. The van der Waals surface area contributed by atoms with Crippen molar-refractivity contribution in [2.75, 3.05) is 5.43 Å². The van der Waals surface area contributed by atoms with Crippen LogP contribution in [0, 0.1) is 6.92 Å². The maximum Gasteiger partial charge on any atom is 0.287 e. The van der Waals surface area contributed by atoms with Crippen LogP contribution < -0.4 is 11.0 Å². The summed E-state index contributed by atoms with van der Waals surface area (Å²) < 4.78 is 1.71. The highest BCUT2D eigenvalue weighted by Gasteiger charge is 2.09. The van der Waals surface area contributed by atoms with E-state index < -0.39 is 0 Å². The fourth-order valence-electron chi connectivity index (χ4n) is 2.19. The Morgan fingerprint density at radius 3 is 2.71 bits per heavy atom. The lowest BCUT2D eigenvalue weighted by Gasteiger charge is -2.07. The Labute approximate surface area is 147 Å². The highest BCUT2D eigenvalue weighted by molar-refractivity contribution is 9.10. The molecular weight excluding hydrogens is 368 g/mol. The van der Waals surface area contributed by atoms with Crippen molar-refractivity contribution in [2.45, 2.75) is 6.92 Å². The number of halogens is 1. The van der Waals surface area contributed by atoms with Crippen LogP contribution in [0.3, 0.4) is 0 Å². The Hall–Kier alpha value is -2.73. The minimum atomic E-state index is -0.253. The lowest BCUT2D eigenvalue weighted by molar-refractivity contribution is 0.801. The number of rotatable bonds is 4. The Morgan fingerprint density at radius 1 is 1.17 bits per heavy atom. The maximum absolute atomic E-state index is 12.4. The van der Waals surface area contributed by atoms with Gasteiger partial charge in [0.1, 0.15) is 4.47 Å². The van der Waals surface area contributed by atoms with Gasteiger partial charge in [-0.15, -0.1) is 0 Å². The smallest absolute Gasteiger partial charge is 0.275 e. The average molecular weight is 383 g/mol. The number of benzene rings is 2. The number of aryl methyl sites for hydroxylation is 1. The van der Waals surface area contributed by atoms with Crippen molar-refractivity contribution in [3.8, 4) is 5.69 Å². The molecule has 0 unspecified atom stereocenters. The zero-order valence-corrected chi connectivity index (χ0v) is 14.6. The van der Waals surface area contributed by atoms with E-state index in [9.17, 15) is 4.79 Å². The minimum absolute atomic E-state index is 0.253. The molecule has 0 saturated heterocycles. The van der Waals surface area contributed by atoms with Gasteiger partial charge in [0.05, 0.1) is 23.8 Å². The number of nitrogens with one attached hydrogen (secondary N) is 1. The van der Waals surface area contributed by atoms with Crippen LogP contribution in [0.5, 0.6) is 0 Å². The highest BCUT2D eigenvalue weighted by atomic mass is 79.9. The highest BCUT2D eigenvalue weighted by Crippen LogP contribution is 2.17. The molecule has 3 rings (SSSR count). The number of hydrogen-bond acceptors (Lipinski definition) is 4. The first-order valence-corrected chi connectivity index (χ1v) is 8.13. The Morgan fingerprint density at radius 2 is 1.96 bits per heavy atom. The maximum atomic E-state index is 12.4. The molecule has 0 atom stereocenters. The molecule has 0 aliphatic rings. The average Bonchev–Trinajstić information content (AvgIpc) is 2.60. The lowest BCUT2D eigenvalue weighted by Crippen LogP contribution is -2.22. The Bertz CT molecular complexity index is 935. The molecule has 0 amide bonds. The van der Waals surface area contributed by atoms with Gasteiger partial charge in [-0.05, 0) is 40.5 Å². The number of nitrogens with zero attached hydrogens (tertiary/aromatic N) is 3. The van der Waals surface area contributed by atoms with Gasteiger partial charge < -0.3 is 0 Å². The minimum Gasteiger partial charge on any atom is -0.275 e. The molecule has 5 nitrogen and oxygen atoms in total. The van der Waals surface area contributed by atoms with Crippen LogP contribution in [-0.4, -0.2) is 16.0 Å². The molecule has 3 aromatic rings. The van der Waals surface area contributed by atoms with Crippen molar-refractivity contribution < 1.29 is 0 Å². The predicted octanol–water partition coefficient (Wildman–Crippen LogP) is 3.75. The molecular formula is C18H15BrN4O. The molecule has 0 bridgehead atoms. The Balaban J connectivity index is 1.83. The second-order valence-electron chi connectivity index (χ2n) is 5.21. The zero-order chi connectivity index (χ0) is 16.9. The third-order valence-electron chi connectivity index (χ3n) is 3.36. The monoisotopic (exact) mass is 382 g/mol. The zero-order valence-electron chi connectivity index (χ0n) is 13.0. The van der Waals surface area contributed by atoms with E-state index in [4.69, 9.17) is 0 Å². The van der Waals surface area contributed by atoms with Gasteiger partial charge in [0.25, 0.3) is 5.56 Å². The van der Waals surface area contributed by atoms with Crippen LogP contribution in [0.15, 0.2) is 75.2 Å². The second-order valence-corrected chi connectivity index (χ2v) is 6.00. The fourth-order valence-corrected chi connectivity index (χ4v) is 2.55. The van der Waals surface area contributed by atoms with E-state index in [1.165, 1.54) is 4.68 Å². The third-order valence-corrected chi connectivity index (χ3v) is 4.13. The fraction of sp³-hybridized carbons (Fsp3) is 0.0556. The van der Waals surface area contributed by atoms with E-state index in [1.807, 2.05) is 61.5 Å². The molecule has 0 aliphatic carbocycles. The molecule has 1 N–H and O–H groups in total. The van der Waals surface area contributed by atoms with Crippen molar-refractivity contribution in [1.29, 1.82) is 0 Å². The number of anilines is 1. The van der Waals surface area contributed by atoms with Crippen LogP contribution in [0.25, 0.3) is 5.69 Å². The van der Waals surface area contributed by atoms with E-state index in [0.717, 1.165) is 11.1 Å². The van der Waals surface area contributed by atoms with Gasteiger partial charge in [0.15, 0.2) is 0 Å².